The molecule has 124 valence electrons. The summed E-state index contributed by atoms with van der Waals surface area (Å²) in [5.74, 6) is 1.81. The van der Waals surface area contributed by atoms with E-state index in [-0.39, 0.29) is 5.91 Å². The lowest BCUT2D eigenvalue weighted by Crippen LogP contribution is -2.35. The third-order valence-electron chi connectivity index (χ3n) is 4.70. The predicted molar refractivity (Wildman–Crippen MR) is 96.0 cm³/mol. The number of hydrogen-bond donors (Lipinski definition) is 0. The topological polar surface area (TPSA) is 36.7 Å². The summed E-state index contributed by atoms with van der Waals surface area (Å²) in [6.07, 6.45) is 2.05. The molecule has 4 nitrogen and oxygen atoms in total. The van der Waals surface area contributed by atoms with Gasteiger partial charge in [0.05, 0.1) is 0 Å². The van der Waals surface area contributed by atoms with Crippen molar-refractivity contribution in [3.8, 4) is 0 Å². The maximum Gasteiger partial charge on any atom is 0.289 e. The molecule has 2 heterocycles. The fraction of sp³-hybridized carbons (Fsp3) is 0.500. The zero-order chi connectivity index (χ0) is 16.6. The van der Waals surface area contributed by atoms with E-state index in [0.717, 1.165) is 35.4 Å². The number of likely N-dealkylation sites (N-methyl/N-ethyl adjacent to an activating group) is 1. The van der Waals surface area contributed by atoms with Crippen LogP contribution in [0.5, 0.6) is 0 Å². The van der Waals surface area contributed by atoms with Crippen LogP contribution in [0.4, 0.5) is 0 Å². The average Bonchev–Trinajstić information content (AvgIpc) is 3.09. The molecule has 1 aliphatic heterocycles. The van der Waals surface area contributed by atoms with Gasteiger partial charge in [-0.05, 0) is 32.3 Å². The van der Waals surface area contributed by atoms with Gasteiger partial charge in [-0.2, -0.15) is 11.8 Å². The number of thioether (sulfide) groups is 1. The lowest BCUT2D eigenvalue weighted by atomic mass is 10.1. The fourth-order valence-corrected chi connectivity index (χ4v) is 4.07. The van der Waals surface area contributed by atoms with Gasteiger partial charge >= 0.3 is 0 Å². The third-order valence-corrected chi connectivity index (χ3v) is 5.28. The number of fused-ring (bicyclic) bond motifs is 1. The Balaban J connectivity index is 1.94. The van der Waals surface area contributed by atoms with Crippen LogP contribution in [0.1, 0.15) is 23.0 Å². The fourth-order valence-electron chi connectivity index (χ4n) is 3.49. The average molecular weight is 332 g/mol. The van der Waals surface area contributed by atoms with E-state index in [0.29, 0.717) is 17.7 Å². The minimum absolute atomic E-state index is 0.0291. The Labute approximate surface area is 141 Å². The Bertz CT molecular complexity index is 710. The summed E-state index contributed by atoms with van der Waals surface area (Å²) in [6.45, 7) is 3.76. The molecule has 0 radical (unpaired) electrons. The summed E-state index contributed by atoms with van der Waals surface area (Å²) in [5.41, 5.74) is 1.83. The molecule has 1 saturated heterocycles. The van der Waals surface area contributed by atoms with Gasteiger partial charge < -0.3 is 14.2 Å². The van der Waals surface area contributed by atoms with Crippen molar-refractivity contribution >= 4 is 28.6 Å². The zero-order valence-electron chi connectivity index (χ0n) is 14.2. The molecule has 1 aliphatic rings. The number of hydrogen-bond acceptors (Lipinski definition) is 4. The number of carbonyl (C=O) groups is 1. The second-order valence-corrected chi connectivity index (χ2v) is 7.42. The standard InChI is InChI=1S/C18H24N2O2S/c1-12-9-20(10-15(12)19(2)3)18(21)17-14(11-23-4)13-7-5-6-8-16(13)22-17/h5-8,12,15H,9-11H2,1-4H3/t12-,15+/m0/s1. The Kier molecular flexibility index (Phi) is 4.69. The second kappa shape index (κ2) is 6.57. The number of rotatable bonds is 4. The van der Waals surface area contributed by atoms with Crippen LogP contribution in [0.15, 0.2) is 28.7 Å². The normalized spacial score (nSPS) is 21.5. The van der Waals surface area contributed by atoms with Crippen LogP contribution >= 0.6 is 11.8 Å². The van der Waals surface area contributed by atoms with E-state index >= 15 is 0 Å². The van der Waals surface area contributed by atoms with Crippen molar-refractivity contribution in [3.05, 3.63) is 35.6 Å². The molecule has 1 amide bonds. The van der Waals surface area contributed by atoms with Crippen LogP contribution in [-0.2, 0) is 5.75 Å². The molecule has 5 heteroatoms. The van der Waals surface area contributed by atoms with E-state index in [1.54, 1.807) is 11.8 Å². The molecule has 2 aromatic rings. The number of para-hydroxylation sites is 1. The van der Waals surface area contributed by atoms with Crippen LogP contribution in [0.3, 0.4) is 0 Å². The van der Waals surface area contributed by atoms with Crippen molar-refractivity contribution < 1.29 is 9.21 Å². The van der Waals surface area contributed by atoms with E-state index in [4.69, 9.17) is 4.42 Å². The summed E-state index contributed by atoms with van der Waals surface area (Å²) >= 11 is 1.72. The van der Waals surface area contributed by atoms with Crippen LogP contribution in [-0.4, -0.2) is 55.2 Å². The molecule has 0 N–H and O–H groups in total. The molecule has 0 spiro atoms. The Morgan fingerprint density at radius 3 is 2.74 bits per heavy atom. The first-order valence-electron chi connectivity index (χ1n) is 7.98. The van der Waals surface area contributed by atoms with E-state index < -0.39 is 0 Å². The Morgan fingerprint density at radius 1 is 1.35 bits per heavy atom. The number of amides is 1. The molecule has 0 bridgehead atoms. The first-order valence-corrected chi connectivity index (χ1v) is 9.37. The smallest absolute Gasteiger partial charge is 0.289 e. The molecule has 1 aromatic carbocycles. The molecular weight excluding hydrogens is 308 g/mol. The number of furan rings is 1. The molecule has 3 rings (SSSR count). The van der Waals surface area contributed by atoms with Crippen LogP contribution < -0.4 is 0 Å². The van der Waals surface area contributed by atoms with Gasteiger partial charge in [0.2, 0.25) is 0 Å². The van der Waals surface area contributed by atoms with Crippen molar-refractivity contribution in [2.24, 2.45) is 5.92 Å². The second-order valence-electron chi connectivity index (χ2n) is 6.56. The highest BCUT2D eigenvalue weighted by atomic mass is 32.2. The monoisotopic (exact) mass is 332 g/mol. The van der Waals surface area contributed by atoms with Gasteiger partial charge in [-0.1, -0.05) is 25.1 Å². The zero-order valence-corrected chi connectivity index (χ0v) is 15.0. The summed E-state index contributed by atoms with van der Waals surface area (Å²) in [4.78, 5) is 17.2. The van der Waals surface area contributed by atoms with Crippen LogP contribution in [0, 0.1) is 5.92 Å². The number of likely N-dealkylation sites (tertiary alicyclic amines) is 1. The highest BCUT2D eigenvalue weighted by Crippen LogP contribution is 2.31. The molecular formula is C18H24N2O2S. The quantitative estimate of drug-likeness (QED) is 0.861. The van der Waals surface area contributed by atoms with Gasteiger partial charge in [0.1, 0.15) is 5.58 Å². The Morgan fingerprint density at radius 2 is 2.09 bits per heavy atom. The molecule has 23 heavy (non-hydrogen) atoms. The van der Waals surface area contributed by atoms with Crippen molar-refractivity contribution in [1.29, 1.82) is 0 Å². The highest BCUT2D eigenvalue weighted by molar-refractivity contribution is 7.97. The third kappa shape index (κ3) is 3.00. The van der Waals surface area contributed by atoms with E-state index in [2.05, 4.69) is 32.2 Å². The van der Waals surface area contributed by atoms with Gasteiger partial charge in [0, 0.05) is 35.8 Å². The number of benzene rings is 1. The molecule has 0 aliphatic carbocycles. The predicted octanol–water partition coefficient (Wildman–Crippen LogP) is 3.32. The van der Waals surface area contributed by atoms with Gasteiger partial charge in [-0.25, -0.2) is 0 Å². The van der Waals surface area contributed by atoms with Crippen molar-refractivity contribution in [1.82, 2.24) is 9.80 Å². The largest absolute Gasteiger partial charge is 0.451 e. The highest BCUT2D eigenvalue weighted by Gasteiger charge is 2.36. The summed E-state index contributed by atoms with van der Waals surface area (Å²) < 4.78 is 5.94. The van der Waals surface area contributed by atoms with E-state index in [1.165, 1.54) is 0 Å². The number of nitrogens with zero attached hydrogens (tertiary/aromatic N) is 2. The first-order chi connectivity index (χ1) is 11.0. The summed E-state index contributed by atoms with van der Waals surface area (Å²) in [7, 11) is 4.16. The molecule has 0 saturated carbocycles. The van der Waals surface area contributed by atoms with Gasteiger partial charge in [0.25, 0.3) is 5.91 Å². The molecule has 1 fully saturated rings. The molecule has 2 atom stereocenters. The van der Waals surface area contributed by atoms with E-state index in [9.17, 15) is 4.79 Å². The van der Waals surface area contributed by atoms with Gasteiger partial charge in [0.15, 0.2) is 5.76 Å². The van der Waals surface area contributed by atoms with Crippen molar-refractivity contribution in [3.63, 3.8) is 0 Å². The van der Waals surface area contributed by atoms with Crippen LogP contribution in [0.25, 0.3) is 11.0 Å². The lowest BCUT2D eigenvalue weighted by molar-refractivity contribution is 0.0751. The van der Waals surface area contributed by atoms with Crippen LogP contribution in [0.2, 0.25) is 0 Å². The SMILES string of the molecule is CSCc1c(C(=O)N2C[C@@H](N(C)C)[C@@H](C)C2)oc2ccccc12. The lowest BCUT2D eigenvalue weighted by Gasteiger charge is -2.22. The summed E-state index contributed by atoms with van der Waals surface area (Å²) in [6, 6.07) is 8.33. The van der Waals surface area contributed by atoms with Gasteiger partial charge in [-0.3, -0.25) is 4.79 Å². The van der Waals surface area contributed by atoms with Crippen molar-refractivity contribution in [2.45, 2.75) is 18.7 Å². The maximum absolute atomic E-state index is 13.0. The minimum atomic E-state index is 0.0291. The first kappa shape index (κ1) is 16.4. The molecule has 0 unspecified atom stereocenters. The maximum atomic E-state index is 13.0. The Hall–Kier alpha value is -1.46. The summed E-state index contributed by atoms with van der Waals surface area (Å²) in [5, 5.41) is 1.06. The molecule has 1 aromatic heterocycles. The van der Waals surface area contributed by atoms with Gasteiger partial charge in [-0.15, -0.1) is 0 Å². The van der Waals surface area contributed by atoms with Crippen molar-refractivity contribution in [2.75, 3.05) is 33.4 Å². The minimum Gasteiger partial charge on any atom is -0.451 e. The van der Waals surface area contributed by atoms with E-state index in [1.807, 2.05) is 29.2 Å². The number of carbonyl (C=O) groups excluding carboxylic acids is 1.